The van der Waals surface area contributed by atoms with Crippen LogP contribution in [0.25, 0.3) is 0 Å². The molecule has 0 spiro atoms. The molecule has 1 amide bonds. The quantitative estimate of drug-likeness (QED) is 0.732. The van der Waals surface area contributed by atoms with E-state index in [2.05, 4.69) is 15.7 Å². The van der Waals surface area contributed by atoms with Crippen LogP contribution in [0.2, 0.25) is 10.0 Å². The average molecular weight is 421 g/mol. The van der Waals surface area contributed by atoms with Crippen LogP contribution in [0.3, 0.4) is 0 Å². The second-order valence-corrected chi connectivity index (χ2v) is 7.07. The van der Waals surface area contributed by atoms with Crippen LogP contribution in [-0.2, 0) is 0 Å². The van der Waals surface area contributed by atoms with Crippen molar-refractivity contribution in [1.82, 2.24) is 15.1 Å². The van der Waals surface area contributed by atoms with E-state index in [9.17, 15) is 18.0 Å². The third kappa shape index (κ3) is 4.01. The lowest BCUT2D eigenvalue weighted by molar-refractivity contribution is -0.173. The first-order valence-electron chi connectivity index (χ1n) is 8.37. The molecule has 2 N–H and O–H groups in total. The highest BCUT2D eigenvalue weighted by atomic mass is 35.5. The Morgan fingerprint density at radius 1 is 1.33 bits per heavy atom. The second-order valence-electron chi connectivity index (χ2n) is 6.25. The number of halogens is 5. The normalized spacial score (nSPS) is 19.3. The van der Waals surface area contributed by atoms with Gasteiger partial charge in [0, 0.05) is 18.0 Å². The lowest BCUT2D eigenvalue weighted by Gasteiger charge is -2.33. The molecule has 2 atom stereocenters. The summed E-state index contributed by atoms with van der Waals surface area (Å²) in [4.78, 5) is 12.2. The molecule has 2 aromatic rings. The first kappa shape index (κ1) is 19.8. The van der Waals surface area contributed by atoms with E-state index in [0.29, 0.717) is 23.6 Å². The maximum Gasteiger partial charge on any atom is 0.410 e. The summed E-state index contributed by atoms with van der Waals surface area (Å²) in [7, 11) is 0. The molecule has 1 aliphatic heterocycles. The van der Waals surface area contributed by atoms with Crippen molar-refractivity contribution >= 4 is 34.9 Å². The Labute approximate surface area is 163 Å². The number of fused-ring (bicyclic) bond motifs is 1. The van der Waals surface area contributed by atoms with E-state index in [1.54, 1.807) is 24.3 Å². The van der Waals surface area contributed by atoms with Gasteiger partial charge in [-0.2, -0.15) is 18.3 Å². The molecular weight excluding hydrogens is 404 g/mol. The summed E-state index contributed by atoms with van der Waals surface area (Å²) >= 11 is 12.1. The molecule has 5 nitrogen and oxygen atoms in total. The Kier molecular flexibility index (Phi) is 5.58. The number of carbonyl (C=O) groups is 1. The molecule has 1 aromatic heterocycles. The van der Waals surface area contributed by atoms with Crippen molar-refractivity contribution in [2.24, 2.45) is 0 Å². The van der Waals surface area contributed by atoms with Crippen molar-refractivity contribution in [2.75, 3.05) is 11.9 Å². The highest BCUT2D eigenvalue weighted by Gasteiger charge is 2.47. The SMILES string of the molecule is CCCNC(=O)c1nn2c(c1Cl)NC(c1ccc(Cl)cc1)CC2C(F)(F)F. The van der Waals surface area contributed by atoms with Gasteiger partial charge in [0.2, 0.25) is 0 Å². The van der Waals surface area contributed by atoms with Crippen LogP contribution in [0.1, 0.15) is 47.9 Å². The average Bonchev–Trinajstić information content (AvgIpc) is 2.95. The lowest BCUT2D eigenvalue weighted by Crippen LogP contribution is -2.36. The number of benzene rings is 1. The molecule has 0 bridgehead atoms. The summed E-state index contributed by atoms with van der Waals surface area (Å²) < 4.78 is 41.8. The number of nitrogens with one attached hydrogen (secondary N) is 2. The van der Waals surface area contributed by atoms with E-state index in [0.717, 1.165) is 4.68 Å². The predicted molar refractivity (Wildman–Crippen MR) is 97.4 cm³/mol. The fourth-order valence-corrected chi connectivity index (χ4v) is 3.36. The number of amides is 1. The number of rotatable bonds is 4. The smallest absolute Gasteiger partial charge is 0.362 e. The van der Waals surface area contributed by atoms with Gasteiger partial charge >= 0.3 is 6.18 Å². The molecule has 10 heteroatoms. The van der Waals surface area contributed by atoms with Crippen LogP contribution >= 0.6 is 23.2 Å². The molecule has 0 saturated carbocycles. The van der Waals surface area contributed by atoms with E-state index in [1.807, 2.05) is 6.92 Å². The summed E-state index contributed by atoms with van der Waals surface area (Å²) in [6.45, 7) is 2.24. The van der Waals surface area contributed by atoms with Crippen LogP contribution < -0.4 is 10.6 Å². The van der Waals surface area contributed by atoms with Crippen molar-refractivity contribution in [2.45, 2.75) is 38.0 Å². The molecule has 1 aromatic carbocycles. The Hall–Kier alpha value is -1.93. The molecule has 2 unspecified atom stereocenters. The van der Waals surface area contributed by atoms with Gasteiger partial charge in [-0.15, -0.1) is 0 Å². The van der Waals surface area contributed by atoms with Gasteiger partial charge in [-0.25, -0.2) is 4.68 Å². The van der Waals surface area contributed by atoms with Crippen LogP contribution in [-0.4, -0.2) is 28.4 Å². The van der Waals surface area contributed by atoms with Crippen molar-refractivity contribution < 1.29 is 18.0 Å². The predicted octanol–water partition coefficient (Wildman–Crippen LogP) is 4.99. The fourth-order valence-electron chi connectivity index (χ4n) is 2.97. The zero-order valence-electron chi connectivity index (χ0n) is 14.3. The van der Waals surface area contributed by atoms with Gasteiger partial charge in [0.1, 0.15) is 10.8 Å². The van der Waals surface area contributed by atoms with Gasteiger partial charge in [-0.1, -0.05) is 42.3 Å². The van der Waals surface area contributed by atoms with Crippen molar-refractivity contribution in [3.05, 3.63) is 45.6 Å². The van der Waals surface area contributed by atoms with Gasteiger partial charge in [0.15, 0.2) is 11.7 Å². The molecule has 146 valence electrons. The van der Waals surface area contributed by atoms with E-state index < -0.39 is 24.2 Å². The largest absolute Gasteiger partial charge is 0.410 e. The van der Waals surface area contributed by atoms with Gasteiger partial charge in [0.25, 0.3) is 5.91 Å². The number of carbonyl (C=O) groups excluding carboxylic acids is 1. The van der Waals surface area contributed by atoms with Crippen LogP contribution in [0.4, 0.5) is 19.0 Å². The molecule has 3 rings (SSSR count). The van der Waals surface area contributed by atoms with E-state index in [4.69, 9.17) is 23.2 Å². The molecule has 0 radical (unpaired) electrons. The minimum absolute atomic E-state index is 0.0214. The minimum Gasteiger partial charge on any atom is -0.362 e. The van der Waals surface area contributed by atoms with E-state index in [1.165, 1.54) is 0 Å². The molecule has 0 fully saturated rings. The van der Waals surface area contributed by atoms with E-state index >= 15 is 0 Å². The van der Waals surface area contributed by atoms with Crippen molar-refractivity contribution in [3.63, 3.8) is 0 Å². The van der Waals surface area contributed by atoms with Crippen LogP contribution in [0, 0.1) is 0 Å². The van der Waals surface area contributed by atoms with E-state index in [-0.39, 0.29) is 23.0 Å². The lowest BCUT2D eigenvalue weighted by atomic mass is 9.97. The summed E-state index contributed by atoms with van der Waals surface area (Å²) in [5.74, 6) is -0.624. The summed E-state index contributed by atoms with van der Waals surface area (Å²) in [6, 6.07) is 3.97. The number of nitrogens with zero attached hydrogens (tertiary/aromatic N) is 2. The first-order valence-corrected chi connectivity index (χ1v) is 9.12. The van der Waals surface area contributed by atoms with Gasteiger partial charge in [-0.3, -0.25) is 4.79 Å². The number of hydrogen-bond acceptors (Lipinski definition) is 3. The Morgan fingerprint density at radius 3 is 2.59 bits per heavy atom. The number of hydrogen-bond donors (Lipinski definition) is 2. The summed E-state index contributed by atoms with van der Waals surface area (Å²) in [6.07, 6.45) is -4.15. The topological polar surface area (TPSA) is 59.0 Å². The molecule has 0 saturated heterocycles. The third-order valence-electron chi connectivity index (χ3n) is 4.32. The Morgan fingerprint density at radius 2 is 2.00 bits per heavy atom. The summed E-state index contributed by atoms with van der Waals surface area (Å²) in [5.41, 5.74) is 0.410. The standard InChI is InChI=1S/C17H17Cl2F3N4O/c1-2-7-23-16(27)14-13(19)15-24-11(9-3-5-10(18)6-4-9)8-12(17(20,21)22)26(15)25-14/h3-6,11-12,24H,2,7-8H2,1H3,(H,23,27). The number of anilines is 1. The monoisotopic (exact) mass is 420 g/mol. The maximum absolute atomic E-state index is 13.7. The first-order chi connectivity index (χ1) is 12.7. The van der Waals surface area contributed by atoms with Gasteiger partial charge in [0.05, 0.1) is 6.04 Å². The number of alkyl halides is 3. The van der Waals surface area contributed by atoms with Crippen LogP contribution in [0.5, 0.6) is 0 Å². The third-order valence-corrected chi connectivity index (χ3v) is 4.93. The fraction of sp³-hybridized carbons (Fsp3) is 0.412. The minimum atomic E-state index is -4.55. The maximum atomic E-state index is 13.7. The number of aromatic nitrogens is 2. The highest BCUT2D eigenvalue weighted by Crippen LogP contribution is 2.46. The van der Waals surface area contributed by atoms with Crippen molar-refractivity contribution in [1.29, 1.82) is 0 Å². The zero-order valence-corrected chi connectivity index (χ0v) is 15.8. The highest BCUT2D eigenvalue weighted by molar-refractivity contribution is 6.36. The Balaban J connectivity index is 2.01. The Bertz CT molecular complexity index is 836. The molecule has 27 heavy (non-hydrogen) atoms. The van der Waals surface area contributed by atoms with Gasteiger partial charge in [-0.05, 0) is 24.1 Å². The second kappa shape index (κ2) is 7.59. The molecule has 2 heterocycles. The molecule has 0 aliphatic carbocycles. The zero-order chi connectivity index (χ0) is 19.8. The van der Waals surface area contributed by atoms with Crippen molar-refractivity contribution in [3.8, 4) is 0 Å². The van der Waals surface area contributed by atoms with Crippen LogP contribution in [0.15, 0.2) is 24.3 Å². The summed E-state index contributed by atoms with van der Waals surface area (Å²) in [5, 5.41) is 9.78. The molecule has 1 aliphatic rings. The molecular formula is C17H17Cl2F3N4O. The van der Waals surface area contributed by atoms with Gasteiger partial charge < -0.3 is 10.6 Å².